The summed E-state index contributed by atoms with van der Waals surface area (Å²) >= 11 is 0. The van der Waals surface area contributed by atoms with Gasteiger partial charge in [-0.25, -0.2) is 0 Å². The maximum absolute atomic E-state index is 12.6. The van der Waals surface area contributed by atoms with Crippen molar-refractivity contribution in [3.63, 3.8) is 0 Å². The fraction of sp³-hybridized carbons (Fsp3) is 0.333. The number of hydrogen-bond acceptors (Lipinski definition) is 3. The summed E-state index contributed by atoms with van der Waals surface area (Å²) in [5.41, 5.74) is 0.505. The van der Waals surface area contributed by atoms with Crippen molar-refractivity contribution in [3.05, 3.63) is 23.8 Å². The van der Waals surface area contributed by atoms with Crippen LogP contribution in [0.5, 0.6) is 11.5 Å². The second-order valence-corrected chi connectivity index (χ2v) is 3.05. The number of benzene rings is 1. The second kappa shape index (κ2) is 2.81. The first-order chi connectivity index (χ1) is 6.48. The molecule has 0 aliphatic carbocycles. The topological polar surface area (TPSA) is 38.7 Å². The summed E-state index contributed by atoms with van der Waals surface area (Å²) in [6.45, 7) is 1.54. The summed E-state index contributed by atoms with van der Waals surface area (Å²) in [6, 6.07) is 4.19. The van der Waals surface area contributed by atoms with Gasteiger partial charge >= 0.3 is 6.29 Å². The van der Waals surface area contributed by atoms with Gasteiger partial charge in [-0.05, 0) is 24.6 Å². The second-order valence-electron chi connectivity index (χ2n) is 3.05. The molecular weight excluding hydrogens is 194 g/mol. The number of alkyl halides is 2. The highest BCUT2D eigenvalue weighted by molar-refractivity contribution is 5.45. The van der Waals surface area contributed by atoms with Crippen LogP contribution in [0.25, 0.3) is 0 Å². The molecule has 2 rings (SSSR count). The minimum atomic E-state index is -3.60. The van der Waals surface area contributed by atoms with Crippen molar-refractivity contribution in [2.45, 2.75) is 19.3 Å². The normalized spacial score (nSPS) is 19.4. The summed E-state index contributed by atoms with van der Waals surface area (Å²) < 4.78 is 33.5. The zero-order valence-electron chi connectivity index (χ0n) is 7.33. The summed E-state index contributed by atoms with van der Waals surface area (Å²) in [4.78, 5) is 0. The van der Waals surface area contributed by atoms with Crippen LogP contribution >= 0.6 is 0 Å². The monoisotopic (exact) mass is 202 g/mol. The molecular formula is C9H8F2O3. The van der Waals surface area contributed by atoms with E-state index in [4.69, 9.17) is 0 Å². The summed E-state index contributed by atoms with van der Waals surface area (Å²) in [5, 5.41) is 9.20. The lowest BCUT2D eigenvalue weighted by molar-refractivity contribution is -0.286. The average molecular weight is 202 g/mol. The minimum Gasteiger partial charge on any atom is -0.395 e. The fourth-order valence-electron chi connectivity index (χ4n) is 1.23. The molecule has 0 saturated heterocycles. The number of aliphatic hydroxyl groups excluding tert-OH is 1. The largest absolute Gasteiger partial charge is 0.586 e. The number of rotatable bonds is 1. The summed E-state index contributed by atoms with van der Waals surface area (Å²) in [6.07, 6.45) is -4.32. The van der Waals surface area contributed by atoms with Gasteiger partial charge in [0, 0.05) is 0 Å². The van der Waals surface area contributed by atoms with Crippen LogP contribution in [-0.2, 0) is 0 Å². The Balaban J connectivity index is 2.36. The van der Waals surface area contributed by atoms with Crippen LogP contribution < -0.4 is 9.47 Å². The molecule has 0 radical (unpaired) electrons. The maximum Gasteiger partial charge on any atom is 0.586 e. The Morgan fingerprint density at radius 1 is 1.29 bits per heavy atom. The van der Waals surface area contributed by atoms with E-state index in [0.29, 0.717) is 5.56 Å². The highest BCUT2D eigenvalue weighted by atomic mass is 19.3. The van der Waals surface area contributed by atoms with Gasteiger partial charge in [0.1, 0.15) is 0 Å². The van der Waals surface area contributed by atoms with Crippen LogP contribution in [0.3, 0.4) is 0 Å². The molecule has 1 aromatic carbocycles. The maximum atomic E-state index is 12.6. The molecule has 76 valence electrons. The van der Waals surface area contributed by atoms with Crippen LogP contribution in [0.15, 0.2) is 18.2 Å². The van der Waals surface area contributed by atoms with Gasteiger partial charge in [-0.2, -0.15) is 0 Å². The Hall–Kier alpha value is -1.36. The van der Waals surface area contributed by atoms with Gasteiger partial charge in [-0.1, -0.05) is 6.07 Å². The van der Waals surface area contributed by atoms with Crippen LogP contribution in [0.4, 0.5) is 8.78 Å². The van der Waals surface area contributed by atoms with Gasteiger partial charge in [0.15, 0.2) is 11.5 Å². The van der Waals surface area contributed by atoms with Crippen molar-refractivity contribution >= 4 is 0 Å². The van der Waals surface area contributed by atoms with Crippen molar-refractivity contribution in [1.29, 1.82) is 0 Å². The van der Waals surface area contributed by atoms with Gasteiger partial charge in [-0.15, -0.1) is 8.78 Å². The molecule has 0 saturated carbocycles. The van der Waals surface area contributed by atoms with Crippen LogP contribution in [-0.4, -0.2) is 11.4 Å². The molecule has 14 heavy (non-hydrogen) atoms. The zero-order chi connectivity index (χ0) is 10.3. The average Bonchev–Trinajstić information content (AvgIpc) is 2.36. The van der Waals surface area contributed by atoms with E-state index in [2.05, 4.69) is 9.47 Å². The third kappa shape index (κ3) is 1.50. The molecule has 1 aliphatic rings. The molecule has 1 unspecified atom stereocenters. The molecule has 0 spiro atoms. The van der Waals surface area contributed by atoms with E-state index in [1.54, 1.807) is 0 Å². The predicted octanol–water partition coefficient (Wildman–Crippen LogP) is 2.06. The Morgan fingerprint density at radius 2 is 1.93 bits per heavy atom. The van der Waals surface area contributed by atoms with Crippen LogP contribution in [0.1, 0.15) is 18.6 Å². The molecule has 1 heterocycles. The highest BCUT2D eigenvalue weighted by Gasteiger charge is 2.43. The molecule has 0 amide bonds. The SMILES string of the molecule is CC(O)c1ccc2c(c1)OC(F)(F)O2. The first-order valence-electron chi connectivity index (χ1n) is 4.06. The highest BCUT2D eigenvalue weighted by Crippen LogP contribution is 2.41. The lowest BCUT2D eigenvalue weighted by Crippen LogP contribution is -2.25. The van der Waals surface area contributed by atoms with Crippen molar-refractivity contribution in [1.82, 2.24) is 0 Å². The van der Waals surface area contributed by atoms with Gasteiger partial charge in [0.2, 0.25) is 0 Å². The summed E-state index contributed by atoms with van der Waals surface area (Å²) in [7, 11) is 0. The molecule has 1 aromatic rings. The number of ether oxygens (including phenoxy) is 2. The van der Waals surface area contributed by atoms with Crippen molar-refractivity contribution in [3.8, 4) is 11.5 Å². The van der Waals surface area contributed by atoms with Gasteiger partial charge in [0.05, 0.1) is 6.10 Å². The van der Waals surface area contributed by atoms with E-state index in [1.807, 2.05) is 0 Å². The molecule has 0 bridgehead atoms. The Labute approximate surface area is 78.9 Å². The number of fused-ring (bicyclic) bond motifs is 1. The Morgan fingerprint density at radius 3 is 2.57 bits per heavy atom. The van der Waals surface area contributed by atoms with Crippen LogP contribution in [0.2, 0.25) is 0 Å². The predicted molar refractivity (Wildman–Crippen MR) is 43.3 cm³/mol. The first kappa shape index (κ1) is 9.21. The van der Waals surface area contributed by atoms with Gasteiger partial charge in [-0.3, -0.25) is 0 Å². The molecule has 0 fully saturated rings. The van der Waals surface area contributed by atoms with E-state index in [-0.39, 0.29) is 11.5 Å². The lowest BCUT2D eigenvalue weighted by Gasteiger charge is -2.05. The van der Waals surface area contributed by atoms with E-state index < -0.39 is 12.4 Å². The lowest BCUT2D eigenvalue weighted by atomic mass is 10.1. The quantitative estimate of drug-likeness (QED) is 0.757. The summed E-state index contributed by atoms with van der Waals surface area (Å²) in [5.74, 6) is -0.0622. The smallest absolute Gasteiger partial charge is 0.395 e. The zero-order valence-corrected chi connectivity index (χ0v) is 7.33. The van der Waals surface area contributed by atoms with Gasteiger partial charge < -0.3 is 14.6 Å². The minimum absolute atomic E-state index is 0.0144. The fourth-order valence-corrected chi connectivity index (χ4v) is 1.23. The molecule has 3 nitrogen and oxygen atoms in total. The van der Waals surface area contributed by atoms with Crippen molar-refractivity contribution in [2.24, 2.45) is 0 Å². The Bertz CT molecular complexity index is 363. The molecule has 1 aliphatic heterocycles. The molecule has 0 aromatic heterocycles. The van der Waals surface area contributed by atoms with Crippen LogP contribution in [0, 0.1) is 0 Å². The Kier molecular flexibility index (Phi) is 1.85. The number of halogens is 2. The third-order valence-corrected chi connectivity index (χ3v) is 1.91. The molecule has 5 heteroatoms. The van der Waals surface area contributed by atoms with E-state index in [1.165, 1.54) is 25.1 Å². The third-order valence-electron chi connectivity index (χ3n) is 1.91. The van der Waals surface area contributed by atoms with E-state index in [0.717, 1.165) is 0 Å². The number of hydrogen-bond donors (Lipinski definition) is 1. The van der Waals surface area contributed by atoms with Gasteiger partial charge in [0.25, 0.3) is 0 Å². The number of aliphatic hydroxyl groups is 1. The van der Waals surface area contributed by atoms with Crippen molar-refractivity contribution < 1.29 is 23.4 Å². The molecule has 1 atom stereocenters. The van der Waals surface area contributed by atoms with E-state index in [9.17, 15) is 13.9 Å². The standard InChI is InChI=1S/C9H8F2O3/c1-5(12)6-2-3-7-8(4-6)14-9(10,11)13-7/h2-5,12H,1H3. The van der Waals surface area contributed by atoms with Crippen molar-refractivity contribution in [2.75, 3.05) is 0 Å². The van der Waals surface area contributed by atoms with E-state index >= 15 is 0 Å². The molecule has 1 N–H and O–H groups in total. The first-order valence-corrected chi connectivity index (χ1v) is 4.06.